The van der Waals surface area contributed by atoms with Gasteiger partial charge in [0.15, 0.2) is 11.5 Å². The second-order valence-corrected chi connectivity index (χ2v) is 7.54. The van der Waals surface area contributed by atoms with Crippen LogP contribution in [0, 0.1) is 0 Å². The third kappa shape index (κ3) is 4.81. The maximum absolute atomic E-state index is 6.06. The van der Waals surface area contributed by atoms with Crippen LogP contribution in [0.15, 0.2) is 42.5 Å². The zero-order chi connectivity index (χ0) is 18.2. The summed E-state index contributed by atoms with van der Waals surface area (Å²) in [6, 6.07) is 14.4. The third-order valence-electron chi connectivity index (χ3n) is 5.37. The fourth-order valence-electron chi connectivity index (χ4n) is 3.75. The Bertz CT molecular complexity index is 694. The fourth-order valence-corrected chi connectivity index (χ4v) is 3.75. The van der Waals surface area contributed by atoms with Crippen LogP contribution >= 0.6 is 0 Å². The summed E-state index contributed by atoms with van der Waals surface area (Å²) < 4.78 is 6.06. The highest BCUT2D eigenvalue weighted by atomic mass is 16.5. The largest absolute Gasteiger partial charge is 0.453 e. The summed E-state index contributed by atoms with van der Waals surface area (Å²) in [5, 5.41) is 4.89. The minimum atomic E-state index is 0.516. The molecule has 0 saturated carbocycles. The molecule has 1 aliphatic heterocycles. The molecule has 0 fully saturated rings. The molecular weight excluding hydrogens is 318 g/mol. The van der Waals surface area contributed by atoms with Gasteiger partial charge >= 0.3 is 0 Å². The Balaban J connectivity index is 1.51. The van der Waals surface area contributed by atoms with Crippen LogP contribution in [0.25, 0.3) is 0 Å². The maximum atomic E-state index is 6.06. The summed E-state index contributed by atoms with van der Waals surface area (Å²) in [7, 11) is 0. The molecule has 0 bridgehead atoms. The highest BCUT2D eigenvalue weighted by molar-refractivity contribution is 5.70. The van der Waals surface area contributed by atoms with Crippen LogP contribution in [-0.2, 0) is 0 Å². The molecule has 3 rings (SSSR count). The van der Waals surface area contributed by atoms with Gasteiger partial charge in [-0.3, -0.25) is 0 Å². The van der Waals surface area contributed by atoms with Gasteiger partial charge in [-0.2, -0.15) is 0 Å². The van der Waals surface area contributed by atoms with Gasteiger partial charge in [-0.05, 0) is 36.1 Å². The van der Waals surface area contributed by atoms with Crippen molar-refractivity contribution in [1.82, 2.24) is 5.32 Å². The molecule has 0 aromatic heterocycles. The van der Waals surface area contributed by atoms with Crippen LogP contribution in [0.4, 0.5) is 11.4 Å². The Labute approximate surface area is 159 Å². The minimum Gasteiger partial charge on any atom is -0.453 e. The number of para-hydroxylation sites is 3. The lowest BCUT2D eigenvalue weighted by molar-refractivity contribution is 0.468. The average Bonchev–Trinajstić information content (AvgIpc) is 2.67. The van der Waals surface area contributed by atoms with E-state index >= 15 is 0 Å². The monoisotopic (exact) mass is 350 g/mol. The smallest absolute Gasteiger partial charge is 0.153 e. The van der Waals surface area contributed by atoms with Crippen LogP contribution in [0.1, 0.15) is 83.1 Å². The van der Waals surface area contributed by atoms with Gasteiger partial charge in [-0.15, -0.1) is 0 Å². The molecule has 0 spiro atoms. The van der Waals surface area contributed by atoms with Gasteiger partial charge in [0, 0.05) is 0 Å². The first-order chi connectivity index (χ1) is 12.8. The lowest BCUT2D eigenvalue weighted by Crippen LogP contribution is -2.06. The summed E-state index contributed by atoms with van der Waals surface area (Å²) >= 11 is 0. The van der Waals surface area contributed by atoms with Crippen LogP contribution in [0.5, 0.6) is 11.5 Å². The number of fused-ring (bicyclic) bond motifs is 2. The molecule has 2 nitrogen and oxygen atoms in total. The van der Waals surface area contributed by atoms with Crippen molar-refractivity contribution in [2.45, 2.75) is 77.6 Å². The van der Waals surface area contributed by atoms with E-state index in [0.717, 1.165) is 22.9 Å². The first-order valence-corrected chi connectivity index (χ1v) is 10.4. The minimum absolute atomic E-state index is 0.516. The van der Waals surface area contributed by atoms with E-state index in [-0.39, 0.29) is 0 Å². The topological polar surface area (TPSA) is 23.3 Å². The highest BCUT2D eigenvalue weighted by Crippen LogP contribution is 2.45. The molecule has 2 aromatic carbocycles. The lowest BCUT2D eigenvalue weighted by atomic mass is 9.92. The highest BCUT2D eigenvalue weighted by Gasteiger charge is 2.22. The lowest BCUT2D eigenvalue weighted by Gasteiger charge is -2.24. The summed E-state index contributed by atoms with van der Waals surface area (Å²) in [5.41, 5.74) is 3.28. The maximum Gasteiger partial charge on any atom is 0.153 e. The summed E-state index contributed by atoms with van der Waals surface area (Å²) in [4.78, 5) is 0. The van der Waals surface area contributed by atoms with Gasteiger partial charge in [0.2, 0.25) is 0 Å². The molecule has 2 heteroatoms. The van der Waals surface area contributed by atoms with Crippen molar-refractivity contribution in [3.8, 4) is 11.5 Å². The molecule has 0 aliphatic carbocycles. The van der Waals surface area contributed by atoms with Crippen LogP contribution in [-0.4, -0.2) is 0 Å². The number of benzene rings is 2. The summed E-state index contributed by atoms with van der Waals surface area (Å²) in [6.07, 6.45) is 12.2. The van der Waals surface area contributed by atoms with Gasteiger partial charge in [-0.1, -0.05) is 89.5 Å². The van der Waals surface area contributed by atoms with Crippen molar-refractivity contribution in [3.63, 3.8) is 0 Å². The van der Waals surface area contributed by atoms with E-state index in [1.165, 1.54) is 63.4 Å². The molecule has 26 heavy (non-hydrogen) atoms. The molecule has 1 heterocycles. The van der Waals surface area contributed by atoms with E-state index in [2.05, 4.69) is 26.0 Å². The number of nitrogens with zero attached hydrogens (tertiary/aromatic N) is 1. The Morgan fingerprint density at radius 2 is 1.50 bits per heavy atom. The van der Waals surface area contributed by atoms with Crippen molar-refractivity contribution < 1.29 is 4.74 Å². The van der Waals surface area contributed by atoms with Crippen LogP contribution < -0.4 is 10.1 Å². The Morgan fingerprint density at radius 1 is 0.808 bits per heavy atom. The first-order valence-electron chi connectivity index (χ1n) is 10.4. The fraction of sp³-hybridized carbons (Fsp3) is 0.500. The molecule has 1 unspecified atom stereocenters. The van der Waals surface area contributed by atoms with E-state index in [9.17, 15) is 0 Å². The zero-order valence-corrected chi connectivity index (χ0v) is 16.3. The molecule has 0 saturated heterocycles. The van der Waals surface area contributed by atoms with Gasteiger partial charge in [0.1, 0.15) is 11.4 Å². The van der Waals surface area contributed by atoms with Crippen LogP contribution in [0.2, 0.25) is 0 Å². The van der Waals surface area contributed by atoms with Gasteiger partial charge < -0.3 is 4.74 Å². The summed E-state index contributed by atoms with van der Waals surface area (Å²) in [6.45, 7) is 4.60. The quantitative estimate of drug-likeness (QED) is 0.340. The summed E-state index contributed by atoms with van der Waals surface area (Å²) in [5.74, 6) is 2.26. The standard InChI is InChI=1S/C24H32NO/c1-3-4-5-6-7-8-9-10-14-19(2)20-15-13-18-23-24(20)25-21-16-11-12-17-22(21)26-23/h11-13,15-19H,3-10,14H2,1-2H3. The molecule has 139 valence electrons. The molecular formula is C24H32NO. The van der Waals surface area contributed by atoms with Crippen molar-refractivity contribution in [3.05, 3.63) is 48.0 Å². The molecule has 1 radical (unpaired) electrons. The second-order valence-electron chi connectivity index (χ2n) is 7.54. The van der Waals surface area contributed by atoms with E-state index in [0.29, 0.717) is 5.92 Å². The number of hydrogen-bond donors (Lipinski definition) is 0. The van der Waals surface area contributed by atoms with E-state index in [1.54, 1.807) is 0 Å². The third-order valence-corrected chi connectivity index (χ3v) is 5.37. The molecule has 0 amide bonds. The van der Waals surface area contributed by atoms with E-state index < -0.39 is 0 Å². The van der Waals surface area contributed by atoms with Gasteiger partial charge in [0.05, 0.1) is 0 Å². The Morgan fingerprint density at radius 3 is 2.31 bits per heavy atom. The van der Waals surface area contributed by atoms with E-state index in [1.807, 2.05) is 30.3 Å². The van der Waals surface area contributed by atoms with Crippen molar-refractivity contribution >= 4 is 11.4 Å². The van der Waals surface area contributed by atoms with Gasteiger partial charge in [-0.25, -0.2) is 5.32 Å². The SMILES string of the molecule is CCCCCCCCCCC(C)c1cccc2c1[N]c1ccccc1O2. The zero-order valence-electron chi connectivity index (χ0n) is 16.3. The average molecular weight is 351 g/mol. The predicted octanol–water partition coefficient (Wildman–Crippen LogP) is 7.99. The van der Waals surface area contributed by atoms with Crippen LogP contribution in [0.3, 0.4) is 0 Å². The Hall–Kier alpha value is -1.96. The molecule has 0 N–H and O–H groups in total. The van der Waals surface area contributed by atoms with E-state index in [4.69, 9.17) is 10.1 Å². The first kappa shape index (κ1) is 18.8. The van der Waals surface area contributed by atoms with Crippen molar-refractivity contribution in [1.29, 1.82) is 0 Å². The van der Waals surface area contributed by atoms with Gasteiger partial charge in [0.25, 0.3) is 0 Å². The van der Waals surface area contributed by atoms with Crippen molar-refractivity contribution in [2.24, 2.45) is 0 Å². The molecule has 1 aliphatic rings. The number of rotatable bonds is 10. The second kappa shape index (κ2) is 9.66. The predicted molar refractivity (Wildman–Crippen MR) is 110 cm³/mol. The number of unbranched alkanes of at least 4 members (excludes halogenated alkanes) is 7. The normalized spacial score (nSPS) is 13.3. The van der Waals surface area contributed by atoms with Crippen molar-refractivity contribution in [2.75, 3.05) is 0 Å². The number of hydrogen-bond acceptors (Lipinski definition) is 1. The number of ether oxygens (including phenoxy) is 1. The molecule has 1 atom stereocenters. The Kier molecular flexibility index (Phi) is 6.99. The molecule has 2 aromatic rings.